The van der Waals surface area contributed by atoms with Gasteiger partial charge in [0.25, 0.3) is 0 Å². The molecule has 0 aliphatic rings. The van der Waals surface area contributed by atoms with E-state index in [1.807, 2.05) is 55.1 Å². The van der Waals surface area contributed by atoms with Crippen LogP contribution in [0, 0.1) is 0 Å². The standard InChI is InChI=1S/C13H21INO3P.C2H6/c14-16-9-5-10-17-19(11-4-8-15)18-12-13-6-2-1-3-7-13;1-2/h1-3,6-7H,4-5,8-12,15H2;1-2H3. The number of halogens is 1. The summed E-state index contributed by atoms with van der Waals surface area (Å²) in [5.41, 5.74) is 6.71. The second-order valence-electron chi connectivity index (χ2n) is 3.96. The van der Waals surface area contributed by atoms with E-state index in [0.717, 1.165) is 19.0 Å². The van der Waals surface area contributed by atoms with Crippen LogP contribution in [0.15, 0.2) is 30.3 Å². The first kappa shape index (κ1) is 21.2. The molecule has 2 N–H and O–H groups in total. The Morgan fingerprint density at radius 2 is 1.76 bits per heavy atom. The third-order valence-corrected chi connectivity index (χ3v) is 4.37. The second-order valence-corrected chi connectivity index (χ2v) is 6.21. The highest BCUT2D eigenvalue weighted by Crippen LogP contribution is 2.39. The minimum absolute atomic E-state index is 0.597. The van der Waals surface area contributed by atoms with Gasteiger partial charge in [0.2, 0.25) is 0 Å². The lowest BCUT2D eigenvalue weighted by Crippen LogP contribution is -2.04. The summed E-state index contributed by atoms with van der Waals surface area (Å²) in [6.07, 6.45) is 2.71. The Bertz CT molecular complexity index is 317. The lowest BCUT2D eigenvalue weighted by Gasteiger charge is -2.17. The van der Waals surface area contributed by atoms with Crippen LogP contribution in [0.3, 0.4) is 0 Å². The van der Waals surface area contributed by atoms with Gasteiger partial charge in [0.15, 0.2) is 8.38 Å². The maximum Gasteiger partial charge on any atom is 0.170 e. The van der Waals surface area contributed by atoms with Crippen molar-refractivity contribution >= 4 is 31.4 Å². The molecule has 0 heterocycles. The van der Waals surface area contributed by atoms with Gasteiger partial charge in [0.05, 0.1) is 19.8 Å². The molecule has 0 radical (unpaired) electrons. The fraction of sp³-hybridized carbons (Fsp3) is 0.600. The van der Waals surface area contributed by atoms with Crippen LogP contribution in [0.4, 0.5) is 0 Å². The highest BCUT2D eigenvalue weighted by Gasteiger charge is 2.10. The Kier molecular flexibility index (Phi) is 16.8. The van der Waals surface area contributed by atoms with E-state index in [0.29, 0.717) is 26.4 Å². The van der Waals surface area contributed by atoms with Crippen LogP contribution in [0.5, 0.6) is 0 Å². The van der Waals surface area contributed by atoms with Crippen molar-refractivity contribution in [3.8, 4) is 0 Å². The number of nitrogens with two attached hydrogens (primary N) is 1. The molecule has 0 saturated carbocycles. The van der Waals surface area contributed by atoms with Crippen LogP contribution >= 0.6 is 31.4 Å². The molecule has 0 bridgehead atoms. The first-order valence-electron chi connectivity index (χ1n) is 7.37. The zero-order valence-electron chi connectivity index (χ0n) is 13.0. The maximum atomic E-state index is 5.85. The molecular weight excluding hydrogens is 400 g/mol. The summed E-state index contributed by atoms with van der Waals surface area (Å²) in [6, 6.07) is 10.1. The lowest BCUT2D eigenvalue weighted by atomic mass is 10.2. The average Bonchev–Trinajstić information content (AvgIpc) is 2.56. The van der Waals surface area contributed by atoms with Crippen LogP contribution in [0.2, 0.25) is 0 Å². The Morgan fingerprint density at radius 3 is 2.38 bits per heavy atom. The predicted molar refractivity (Wildman–Crippen MR) is 98.6 cm³/mol. The van der Waals surface area contributed by atoms with Gasteiger partial charge in [-0.25, -0.2) is 0 Å². The van der Waals surface area contributed by atoms with Gasteiger partial charge in [0, 0.05) is 6.16 Å². The van der Waals surface area contributed by atoms with Gasteiger partial charge in [-0.1, -0.05) is 44.2 Å². The lowest BCUT2D eigenvalue weighted by molar-refractivity contribution is 0.229. The van der Waals surface area contributed by atoms with Crippen molar-refractivity contribution in [1.82, 2.24) is 0 Å². The molecule has 1 atom stereocenters. The number of rotatable bonds is 11. The molecule has 0 amide bonds. The molecule has 0 aliphatic carbocycles. The second kappa shape index (κ2) is 16.6. The smallest absolute Gasteiger partial charge is 0.170 e. The molecule has 0 spiro atoms. The van der Waals surface area contributed by atoms with Gasteiger partial charge in [0.1, 0.15) is 23.0 Å². The van der Waals surface area contributed by atoms with E-state index in [1.165, 1.54) is 5.56 Å². The van der Waals surface area contributed by atoms with Gasteiger partial charge in [-0.15, -0.1) is 0 Å². The first-order chi connectivity index (χ1) is 10.4. The summed E-state index contributed by atoms with van der Waals surface area (Å²) >= 11 is 1.89. The largest absolute Gasteiger partial charge is 0.334 e. The van der Waals surface area contributed by atoms with Crippen LogP contribution in [-0.2, 0) is 18.7 Å². The van der Waals surface area contributed by atoms with Crippen LogP contribution in [0.1, 0.15) is 32.3 Å². The maximum absolute atomic E-state index is 5.85. The van der Waals surface area contributed by atoms with Gasteiger partial charge >= 0.3 is 0 Å². The van der Waals surface area contributed by atoms with Crippen molar-refractivity contribution in [3.63, 3.8) is 0 Å². The van der Waals surface area contributed by atoms with E-state index in [9.17, 15) is 0 Å². The van der Waals surface area contributed by atoms with Crippen molar-refractivity contribution in [2.24, 2.45) is 5.73 Å². The average molecular weight is 427 g/mol. The van der Waals surface area contributed by atoms with Gasteiger partial charge < -0.3 is 17.8 Å². The molecule has 4 nitrogen and oxygen atoms in total. The molecule has 1 aromatic carbocycles. The zero-order chi connectivity index (χ0) is 15.8. The molecule has 0 aliphatic heterocycles. The van der Waals surface area contributed by atoms with E-state index >= 15 is 0 Å². The Labute approximate surface area is 144 Å². The van der Waals surface area contributed by atoms with Crippen molar-refractivity contribution in [2.75, 3.05) is 25.9 Å². The molecule has 1 unspecified atom stereocenters. The Hall–Kier alpha value is 0.220. The van der Waals surface area contributed by atoms with E-state index in [-0.39, 0.29) is 0 Å². The summed E-state index contributed by atoms with van der Waals surface area (Å²) in [4.78, 5) is 0. The van der Waals surface area contributed by atoms with Crippen molar-refractivity contribution < 1.29 is 12.1 Å². The fourth-order valence-corrected chi connectivity index (χ4v) is 3.10. The minimum atomic E-state index is -0.845. The van der Waals surface area contributed by atoms with Gasteiger partial charge in [-0.05, 0) is 24.9 Å². The summed E-state index contributed by atoms with van der Waals surface area (Å²) in [6.45, 7) is 6.65. The summed E-state index contributed by atoms with van der Waals surface area (Å²) in [5.74, 6) is 0. The molecule has 1 rings (SSSR count). The number of hydrogen-bond donors (Lipinski definition) is 1. The first-order valence-corrected chi connectivity index (χ1v) is 9.62. The minimum Gasteiger partial charge on any atom is -0.334 e. The monoisotopic (exact) mass is 427 g/mol. The summed E-state index contributed by atoms with van der Waals surface area (Å²) in [7, 11) is -0.845. The van der Waals surface area contributed by atoms with E-state index < -0.39 is 8.38 Å². The molecular formula is C15H27INO3P. The molecule has 21 heavy (non-hydrogen) atoms. The van der Waals surface area contributed by atoms with Crippen LogP contribution in [0.25, 0.3) is 0 Å². The molecule has 122 valence electrons. The Balaban J connectivity index is 0.00000191. The molecule has 0 fully saturated rings. The van der Waals surface area contributed by atoms with Crippen LogP contribution in [-0.4, -0.2) is 25.9 Å². The number of benzene rings is 1. The normalized spacial score (nSPS) is 11.6. The van der Waals surface area contributed by atoms with E-state index in [2.05, 4.69) is 12.1 Å². The molecule has 1 aromatic rings. The summed E-state index contributed by atoms with van der Waals surface area (Å²) < 4.78 is 16.6. The Morgan fingerprint density at radius 1 is 1.05 bits per heavy atom. The predicted octanol–water partition coefficient (Wildman–Crippen LogP) is 4.66. The topological polar surface area (TPSA) is 53.7 Å². The molecule has 0 aromatic heterocycles. The van der Waals surface area contributed by atoms with Gasteiger partial charge in [-0.2, -0.15) is 0 Å². The van der Waals surface area contributed by atoms with E-state index in [1.54, 1.807) is 0 Å². The zero-order valence-corrected chi connectivity index (χ0v) is 16.0. The molecule has 6 heteroatoms. The quantitative estimate of drug-likeness (QED) is 0.317. The highest BCUT2D eigenvalue weighted by molar-refractivity contribution is 14.1. The SMILES string of the molecule is CC.NCCCP(OCCCOI)OCc1ccccc1. The summed E-state index contributed by atoms with van der Waals surface area (Å²) in [5, 5.41) is 0. The highest BCUT2D eigenvalue weighted by atomic mass is 127. The van der Waals surface area contributed by atoms with Crippen molar-refractivity contribution in [2.45, 2.75) is 33.3 Å². The van der Waals surface area contributed by atoms with Crippen molar-refractivity contribution in [1.29, 1.82) is 0 Å². The van der Waals surface area contributed by atoms with Gasteiger partial charge in [-0.3, -0.25) is 0 Å². The fourth-order valence-electron chi connectivity index (χ4n) is 1.39. The van der Waals surface area contributed by atoms with E-state index in [4.69, 9.17) is 17.8 Å². The molecule has 0 saturated heterocycles. The van der Waals surface area contributed by atoms with Crippen LogP contribution < -0.4 is 5.73 Å². The number of hydrogen-bond acceptors (Lipinski definition) is 4. The van der Waals surface area contributed by atoms with Crippen molar-refractivity contribution in [3.05, 3.63) is 35.9 Å². The third-order valence-electron chi connectivity index (χ3n) is 2.36. The third kappa shape index (κ3) is 12.4.